The van der Waals surface area contributed by atoms with E-state index in [-0.39, 0.29) is 0 Å². The summed E-state index contributed by atoms with van der Waals surface area (Å²) < 4.78 is 3.67. The molecule has 0 fully saturated rings. The number of aromatic amines is 1. The summed E-state index contributed by atoms with van der Waals surface area (Å²) in [6.45, 7) is 0. The number of aromatic nitrogens is 5. The van der Waals surface area contributed by atoms with E-state index in [1.165, 1.54) is 11.5 Å². The van der Waals surface area contributed by atoms with Crippen molar-refractivity contribution in [2.45, 2.75) is 0 Å². The summed E-state index contributed by atoms with van der Waals surface area (Å²) in [5.74, 6) is 0. The Morgan fingerprint density at radius 3 is 3.20 bits per heavy atom. The molecule has 0 saturated heterocycles. The summed E-state index contributed by atoms with van der Waals surface area (Å²) in [4.78, 5) is 0. The van der Waals surface area contributed by atoms with Gasteiger partial charge in [-0.05, 0) is 11.5 Å². The summed E-state index contributed by atoms with van der Waals surface area (Å²) in [5.41, 5.74) is 1.41. The first-order chi connectivity index (χ1) is 4.97. The molecule has 0 saturated carbocycles. The first kappa shape index (κ1) is 5.48. The highest BCUT2D eigenvalue weighted by molar-refractivity contribution is 7.03. The fraction of sp³-hybridized carbons (Fsp3) is 0. The first-order valence-corrected chi connectivity index (χ1v) is 3.36. The average molecular weight is 152 g/mol. The lowest BCUT2D eigenvalue weighted by atomic mass is 10.4. The molecule has 5 nitrogen and oxygen atoms in total. The van der Waals surface area contributed by atoms with Crippen molar-refractivity contribution in [3.63, 3.8) is 0 Å². The molecule has 1 radical (unpaired) electrons. The zero-order valence-corrected chi connectivity index (χ0v) is 5.59. The summed E-state index contributed by atoms with van der Waals surface area (Å²) in [7, 11) is 0. The lowest BCUT2D eigenvalue weighted by molar-refractivity contribution is 0.938. The maximum absolute atomic E-state index is 3.78. The van der Waals surface area contributed by atoms with E-state index in [1.807, 2.05) is 0 Å². The van der Waals surface area contributed by atoms with Crippen molar-refractivity contribution in [3.8, 4) is 11.4 Å². The average Bonchev–Trinajstić information content (AvgIpc) is 2.59. The number of nitrogens with zero attached hydrogens (tertiary/aromatic N) is 4. The largest absolute Gasteiger partial charge is 0.255 e. The quantitative estimate of drug-likeness (QED) is 0.630. The highest BCUT2D eigenvalue weighted by Gasteiger charge is 2.01. The maximum Gasteiger partial charge on any atom is 0.145 e. The fourth-order valence-corrected chi connectivity index (χ4v) is 1.01. The predicted molar refractivity (Wildman–Crippen MR) is 34.1 cm³/mol. The minimum absolute atomic E-state index is 0.675. The molecule has 2 aromatic rings. The standard InChI is InChI=1S/C4H2N5S/c1-3(6-8-5-1)4-2-10-9-7-4/h2H,(H,5,6,8). The van der Waals surface area contributed by atoms with Crippen molar-refractivity contribution in [2.24, 2.45) is 0 Å². The molecule has 49 valence electrons. The first-order valence-electron chi connectivity index (χ1n) is 2.53. The normalized spacial score (nSPS) is 10.0. The van der Waals surface area contributed by atoms with E-state index in [2.05, 4.69) is 31.2 Å². The lowest BCUT2D eigenvalue weighted by Gasteiger charge is -1.79. The number of nitrogens with one attached hydrogen (secondary N) is 1. The molecule has 2 heterocycles. The Hall–Kier alpha value is -1.30. The summed E-state index contributed by atoms with van der Waals surface area (Å²) in [5, 5.41) is 15.2. The van der Waals surface area contributed by atoms with Gasteiger partial charge in [-0.3, -0.25) is 5.10 Å². The minimum Gasteiger partial charge on any atom is -0.255 e. The Labute approximate surface area is 60.3 Å². The van der Waals surface area contributed by atoms with E-state index in [9.17, 15) is 0 Å². The number of H-pyrrole nitrogens is 1. The van der Waals surface area contributed by atoms with Crippen LogP contribution in [-0.4, -0.2) is 25.0 Å². The van der Waals surface area contributed by atoms with Gasteiger partial charge in [0.25, 0.3) is 0 Å². The maximum atomic E-state index is 3.78. The molecule has 1 N–H and O–H groups in total. The van der Waals surface area contributed by atoms with Crippen LogP contribution in [-0.2, 0) is 0 Å². The van der Waals surface area contributed by atoms with Crippen molar-refractivity contribution in [2.75, 3.05) is 0 Å². The molecule has 6 heteroatoms. The van der Waals surface area contributed by atoms with E-state index in [4.69, 9.17) is 0 Å². The van der Waals surface area contributed by atoms with Crippen LogP contribution in [0.15, 0.2) is 5.38 Å². The molecule has 0 bridgehead atoms. The molecular weight excluding hydrogens is 150 g/mol. The zero-order valence-electron chi connectivity index (χ0n) is 4.77. The summed E-state index contributed by atoms with van der Waals surface area (Å²) >= 11 is 1.28. The molecule has 0 unspecified atom stereocenters. The van der Waals surface area contributed by atoms with Crippen molar-refractivity contribution in [1.29, 1.82) is 0 Å². The number of hydrogen-bond acceptors (Lipinski definition) is 5. The van der Waals surface area contributed by atoms with E-state index < -0.39 is 0 Å². The van der Waals surface area contributed by atoms with Gasteiger partial charge >= 0.3 is 0 Å². The molecule has 0 spiro atoms. The van der Waals surface area contributed by atoms with Crippen LogP contribution in [0.4, 0.5) is 0 Å². The Balaban J connectivity index is 2.48. The van der Waals surface area contributed by atoms with Gasteiger partial charge < -0.3 is 0 Å². The smallest absolute Gasteiger partial charge is 0.145 e. The Morgan fingerprint density at radius 1 is 1.60 bits per heavy atom. The third-order valence-corrected chi connectivity index (χ3v) is 1.49. The van der Waals surface area contributed by atoms with Crippen molar-refractivity contribution >= 4 is 11.5 Å². The molecule has 0 aliphatic carbocycles. The van der Waals surface area contributed by atoms with E-state index in [0.29, 0.717) is 5.69 Å². The van der Waals surface area contributed by atoms with E-state index >= 15 is 0 Å². The summed E-state index contributed by atoms with van der Waals surface area (Å²) in [6, 6.07) is 0. The molecule has 0 amide bonds. The second kappa shape index (κ2) is 2.14. The second-order valence-electron chi connectivity index (χ2n) is 1.59. The van der Waals surface area contributed by atoms with Crippen LogP contribution in [0, 0.1) is 6.20 Å². The Morgan fingerprint density at radius 2 is 2.60 bits per heavy atom. The Kier molecular flexibility index (Phi) is 1.17. The third kappa shape index (κ3) is 0.781. The van der Waals surface area contributed by atoms with Crippen molar-refractivity contribution in [3.05, 3.63) is 11.6 Å². The minimum atomic E-state index is 0.675. The van der Waals surface area contributed by atoms with E-state index in [1.54, 1.807) is 5.38 Å². The van der Waals surface area contributed by atoms with Crippen LogP contribution in [0.2, 0.25) is 0 Å². The monoisotopic (exact) mass is 152 g/mol. The van der Waals surface area contributed by atoms with Crippen LogP contribution in [0.3, 0.4) is 0 Å². The predicted octanol–water partition coefficient (Wildman–Crippen LogP) is 0.123. The highest BCUT2D eigenvalue weighted by atomic mass is 32.1. The van der Waals surface area contributed by atoms with Gasteiger partial charge in [-0.1, -0.05) is 9.70 Å². The van der Waals surface area contributed by atoms with Crippen molar-refractivity contribution < 1.29 is 0 Å². The zero-order chi connectivity index (χ0) is 6.81. The van der Waals surface area contributed by atoms with Crippen LogP contribution < -0.4 is 0 Å². The van der Waals surface area contributed by atoms with E-state index in [0.717, 1.165) is 5.69 Å². The molecule has 2 rings (SSSR count). The third-order valence-electron chi connectivity index (χ3n) is 0.990. The SMILES string of the molecule is [c]1nn[nH]c1-c1csnn1. The van der Waals surface area contributed by atoms with Gasteiger partial charge in [-0.25, -0.2) is 0 Å². The number of hydrogen-bond donors (Lipinski definition) is 1. The van der Waals surface area contributed by atoms with Gasteiger partial charge in [0, 0.05) is 5.38 Å². The van der Waals surface area contributed by atoms with Crippen LogP contribution in [0.5, 0.6) is 0 Å². The fourth-order valence-electron chi connectivity index (χ4n) is 0.563. The molecule has 2 aromatic heterocycles. The molecular formula is C4H2N5S. The highest BCUT2D eigenvalue weighted by Crippen LogP contribution is 2.10. The molecule has 0 atom stereocenters. The topological polar surface area (TPSA) is 67.3 Å². The van der Waals surface area contributed by atoms with Crippen molar-refractivity contribution in [1.82, 2.24) is 25.0 Å². The van der Waals surface area contributed by atoms with Gasteiger partial charge in [0.2, 0.25) is 0 Å². The molecule has 0 aromatic carbocycles. The van der Waals surface area contributed by atoms with Gasteiger partial charge in [0.1, 0.15) is 17.6 Å². The van der Waals surface area contributed by atoms with Crippen LogP contribution >= 0.6 is 11.5 Å². The second-order valence-corrected chi connectivity index (χ2v) is 2.20. The van der Waals surface area contributed by atoms with Gasteiger partial charge in [-0.15, -0.1) is 10.2 Å². The van der Waals surface area contributed by atoms with Gasteiger partial charge in [0.05, 0.1) is 0 Å². The van der Waals surface area contributed by atoms with Gasteiger partial charge in [0.15, 0.2) is 0 Å². The van der Waals surface area contributed by atoms with Gasteiger partial charge in [-0.2, -0.15) is 0 Å². The molecule has 0 aliphatic heterocycles. The lowest BCUT2D eigenvalue weighted by Crippen LogP contribution is -1.76. The number of rotatable bonds is 1. The molecule has 10 heavy (non-hydrogen) atoms. The summed E-state index contributed by atoms with van der Waals surface area (Å²) in [6.07, 6.45) is 2.63. The van der Waals surface area contributed by atoms with Crippen LogP contribution in [0.1, 0.15) is 0 Å². The molecule has 0 aliphatic rings. The van der Waals surface area contributed by atoms with Crippen LogP contribution in [0.25, 0.3) is 11.4 Å². The Bertz CT molecular complexity index is 253.